The number of carbonyl (C=O) groups excluding carboxylic acids is 1. The number of benzene rings is 1. The van der Waals surface area contributed by atoms with Gasteiger partial charge in [-0.3, -0.25) is 4.79 Å². The molecule has 26 heavy (non-hydrogen) atoms. The molecule has 3 rings (SSSR count). The molecule has 130 valence electrons. The molecule has 0 aliphatic heterocycles. The van der Waals surface area contributed by atoms with Crippen LogP contribution in [0, 0.1) is 25.2 Å². The van der Waals surface area contributed by atoms with Crippen LogP contribution in [0.3, 0.4) is 0 Å². The molecule has 3 aromatic rings. The predicted octanol–water partition coefficient (Wildman–Crippen LogP) is 1.88. The molecular weight excluding hydrogens is 352 g/mol. The van der Waals surface area contributed by atoms with Gasteiger partial charge in [0.05, 0.1) is 16.6 Å². The third-order valence-electron chi connectivity index (χ3n) is 3.64. The van der Waals surface area contributed by atoms with Gasteiger partial charge < -0.3 is 9.63 Å². The molecule has 0 N–H and O–H groups in total. The molecule has 2 heterocycles. The quantitative estimate of drug-likeness (QED) is 0.385. The molecule has 0 saturated heterocycles. The summed E-state index contributed by atoms with van der Waals surface area (Å²) >= 11 is 1.11. The lowest BCUT2D eigenvalue weighted by molar-refractivity contribution is -0.672. The van der Waals surface area contributed by atoms with E-state index in [0.29, 0.717) is 16.3 Å². The molecule has 8 heteroatoms. The molecule has 0 bridgehead atoms. The van der Waals surface area contributed by atoms with Gasteiger partial charge in [0.1, 0.15) is 11.1 Å². The van der Waals surface area contributed by atoms with Crippen LogP contribution in [-0.2, 0) is 0 Å². The summed E-state index contributed by atoms with van der Waals surface area (Å²) < 4.78 is 5.85. The average molecular weight is 366 g/mol. The van der Waals surface area contributed by atoms with Crippen LogP contribution >= 0.6 is 11.8 Å². The smallest absolute Gasteiger partial charge is 0.307 e. The van der Waals surface area contributed by atoms with E-state index in [1.165, 1.54) is 4.68 Å². The summed E-state index contributed by atoms with van der Waals surface area (Å²) in [5, 5.41) is 25.4. The Bertz CT molecular complexity index is 1010. The van der Waals surface area contributed by atoms with Crippen LogP contribution in [0.1, 0.15) is 27.3 Å². The third kappa shape index (κ3) is 3.43. The molecule has 0 unspecified atom stereocenters. The maximum absolute atomic E-state index is 12.6. The maximum atomic E-state index is 12.6. The van der Waals surface area contributed by atoms with Gasteiger partial charge in [0.2, 0.25) is 11.5 Å². The molecule has 1 aromatic carbocycles. The highest BCUT2D eigenvalue weighted by molar-refractivity contribution is 8.00. The van der Waals surface area contributed by atoms with Crippen LogP contribution in [0.15, 0.2) is 45.9 Å². The predicted molar refractivity (Wildman–Crippen MR) is 91.0 cm³/mol. The summed E-state index contributed by atoms with van der Waals surface area (Å²) in [5.74, 6) is -1.31. The Balaban J connectivity index is 1.87. The summed E-state index contributed by atoms with van der Waals surface area (Å²) in [6.45, 7) is 3.64. The van der Waals surface area contributed by atoms with E-state index in [1.807, 2.05) is 26.0 Å². The lowest BCUT2D eigenvalue weighted by Gasteiger charge is -2.06. The summed E-state index contributed by atoms with van der Waals surface area (Å²) in [6, 6.07) is 12.7. The Morgan fingerprint density at radius 3 is 2.77 bits per heavy atom. The van der Waals surface area contributed by atoms with Crippen molar-refractivity contribution in [1.29, 1.82) is 5.26 Å². The van der Waals surface area contributed by atoms with Gasteiger partial charge in [-0.2, -0.15) is 5.26 Å². The van der Waals surface area contributed by atoms with Crippen molar-refractivity contribution < 1.29 is 19.1 Å². The topological polar surface area (TPSA) is 107 Å². The molecule has 0 radical (unpaired) electrons. The molecular formula is C18H14N4O3S. The van der Waals surface area contributed by atoms with Crippen LogP contribution in [0.25, 0.3) is 5.69 Å². The van der Waals surface area contributed by atoms with Crippen LogP contribution in [-0.4, -0.2) is 21.8 Å². The highest BCUT2D eigenvalue weighted by Crippen LogP contribution is 2.25. The SMILES string of the molecule is Cc1cc(C)c(C#N)c(SCC(=O)c2c([O-])on[n+]2-c2ccccc2)n1. The molecule has 0 aliphatic carbocycles. The van der Waals surface area contributed by atoms with E-state index >= 15 is 0 Å². The first-order chi connectivity index (χ1) is 12.5. The van der Waals surface area contributed by atoms with E-state index < -0.39 is 11.7 Å². The minimum Gasteiger partial charge on any atom is -0.539 e. The highest BCUT2D eigenvalue weighted by Gasteiger charge is 2.27. The second-order valence-electron chi connectivity index (χ2n) is 5.54. The maximum Gasteiger partial charge on any atom is 0.307 e. The van der Waals surface area contributed by atoms with Gasteiger partial charge in [0, 0.05) is 17.8 Å². The van der Waals surface area contributed by atoms with Crippen molar-refractivity contribution in [1.82, 2.24) is 10.3 Å². The fourth-order valence-corrected chi connectivity index (χ4v) is 3.44. The Kier molecular flexibility index (Phi) is 5.00. The van der Waals surface area contributed by atoms with Gasteiger partial charge in [-0.1, -0.05) is 30.0 Å². The fraction of sp³-hybridized carbons (Fsp3) is 0.167. The number of aryl methyl sites for hydroxylation is 2. The third-order valence-corrected chi connectivity index (χ3v) is 4.61. The first-order valence-corrected chi connectivity index (χ1v) is 8.68. The van der Waals surface area contributed by atoms with Gasteiger partial charge in [-0.05, 0) is 30.2 Å². The normalized spacial score (nSPS) is 10.5. The minimum atomic E-state index is -0.798. The number of thioether (sulfide) groups is 1. The Morgan fingerprint density at radius 2 is 2.08 bits per heavy atom. The molecule has 7 nitrogen and oxygen atoms in total. The summed E-state index contributed by atoms with van der Waals surface area (Å²) in [6.07, 6.45) is 0. The monoisotopic (exact) mass is 366 g/mol. The Labute approximate surface area is 153 Å². The molecule has 0 fully saturated rings. The number of pyridine rings is 1. The van der Waals surface area contributed by atoms with Crippen LogP contribution in [0.2, 0.25) is 0 Å². The van der Waals surface area contributed by atoms with Crippen molar-refractivity contribution in [3.05, 3.63) is 58.9 Å². The van der Waals surface area contributed by atoms with Gasteiger partial charge in [-0.15, -0.1) is 0 Å². The molecule has 0 saturated carbocycles. The van der Waals surface area contributed by atoms with E-state index in [2.05, 4.69) is 20.8 Å². The van der Waals surface area contributed by atoms with Gasteiger partial charge in [0.25, 0.3) is 0 Å². The first-order valence-electron chi connectivity index (χ1n) is 7.70. The van der Waals surface area contributed by atoms with Crippen molar-refractivity contribution in [2.24, 2.45) is 0 Å². The fourth-order valence-electron chi connectivity index (χ4n) is 2.47. The number of aromatic nitrogens is 3. The lowest BCUT2D eigenvalue weighted by atomic mass is 10.1. The van der Waals surface area contributed by atoms with Crippen molar-refractivity contribution in [3.63, 3.8) is 0 Å². The molecule has 2 aromatic heterocycles. The first kappa shape index (κ1) is 17.6. The van der Waals surface area contributed by atoms with Crippen LogP contribution < -0.4 is 9.79 Å². The molecule has 0 amide bonds. The van der Waals surface area contributed by atoms with E-state index in [1.54, 1.807) is 24.3 Å². The van der Waals surface area contributed by atoms with Crippen LogP contribution in [0.5, 0.6) is 5.95 Å². The summed E-state index contributed by atoms with van der Waals surface area (Å²) in [5.41, 5.74) is 2.37. The number of hydrogen-bond donors (Lipinski definition) is 0. The second kappa shape index (κ2) is 7.37. The average Bonchev–Trinajstić information content (AvgIpc) is 3.01. The number of para-hydroxylation sites is 1. The highest BCUT2D eigenvalue weighted by atomic mass is 32.2. The number of hydrogen-bond acceptors (Lipinski definition) is 7. The van der Waals surface area contributed by atoms with E-state index in [9.17, 15) is 15.2 Å². The molecule has 0 spiro atoms. The van der Waals surface area contributed by atoms with E-state index in [-0.39, 0.29) is 11.4 Å². The molecule has 0 atom stereocenters. The number of rotatable bonds is 5. The van der Waals surface area contributed by atoms with E-state index in [0.717, 1.165) is 23.0 Å². The van der Waals surface area contributed by atoms with Crippen molar-refractivity contribution in [2.45, 2.75) is 18.9 Å². The molecule has 0 aliphatic rings. The van der Waals surface area contributed by atoms with Crippen molar-refractivity contribution in [2.75, 3.05) is 5.75 Å². The number of nitriles is 1. The van der Waals surface area contributed by atoms with Gasteiger partial charge in [-0.25, -0.2) is 4.98 Å². The van der Waals surface area contributed by atoms with Gasteiger partial charge in [0.15, 0.2) is 5.95 Å². The lowest BCUT2D eigenvalue weighted by Crippen LogP contribution is -2.39. The summed E-state index contributed by atoms with van der Waals surface area (Å²) in [4.78, 5) is 16.9. The number of nitrogens with zero attached hydrogens (tertiary/aromatic N) is 4. The van der Waals surface area contributed by atoms with Gasteiger partial charge >= 0.3 is 5.69 Å². The standard InChI is InChI=1S/C18H14N4O3S/c1-11-8-12(2)20-17(14(11)9-19)26-10-15(23)16-18(24)25-21-22(16)13-6-4-3-5-7-13/h3-8H,10H2,1-2H3. The van der Waals surface area contributed by atoms with E-state index in [4.69, 9.17) is 0 Å². The zero-order valence-electron chi connectivity index (χ0n) is 14.1. The minimum absolute atomic E-state index is 0.0616. The largest absolute Gasteiger partial charge is 0.539 e. The second-order valence-corrected chi connectivity index (χ2v) is 6.50. The Morgan fingerprint density at radius 1 is 1.35 bits per heavy atom. The van der Waals surface area contributed by atoms with Crippen molar-refractivity contribution in [3.8, 4) is 17.7 Å². The van der Waals surface area contributed by atoms with Crippen LogP contribution in [0.4, 0.5) is 0 Å². The number of ketones is 1. The zero-order valence-corrected chi connectivity index (χ0v) is 14.9. The number of Topliss-reactive ketones (excluding diaryl/α,β-unsaturated/α-hetero) is 1. The Hall–Kier alpha value is -3.18. The summed E-state index contributed by atoms with van der Waals surface area (Å²) in [7, 11) is 0. The van der Waals surface area contributed by atoms with Crippen molar-refractivity contribution >= 4 is 17.5 Å². The zero-order chi connectivity index (χ0) is 18.7. The number of carbonyl (C=O) groups is 1.